The van der Waals surface area contributed by atoms with E-state index in [4.69, 9.17) is 5.73 Å². The SMILES string of the molecule is Cc1ccnc(N)c1C(C)O. The second-order valence-corrected chi connectivity index (χ2v) is 2.60. The molecule has 11 heavy (non-hydrogen) atoms. The number of aryl methyl sites for hydroxylation is 1. The third-order valence-corrected chi connectivity index (χ3v) is 1.66. The van der Waals surface area contributed by atoms with Crippen molar-refractivity contribution in [3.8, 4) is 0 Å². The number of aromatic nitrogens is 1. The zero-order valence-corrected chi connectivity index (χ0v) is 6.70. The van der Waals surface area contributed by atoms with E-state index in [-0.39, 0.29) is 0 Å². The highest BCUT2D eigenvalue weighted by Crippen LogP contribution is 2.20. The Morgan fingerprint density at radius 2 is 2.27 bits per heavy atom. The minimum atomic E-state index is -0.538. The number of aliphatic hydroxyl groups excluding tert-OH is 1. The van der Waals surface area contributed by atoms with Crippen LogP contribution in [0.5, 0.6) is 0 Å². The van der Waals surface area contributed by atoms with Crippen LogP contribution in [-0.4, -0.2) is 10.1 Å². The number of nitrogens with two attached hydrogens (primary N) is 1. The van der Waals surface area contributed by atoms with Crippen LogP contribution in [0.1, 0.15) is 24.2 Å². The summed E-state index contributed by atoms with van der Waals surface area (Å²) < 4.78 is 0. The Labute approximate surface area is 65.9 Å². The van der Waals surface area contributed by atoms with Crippen LogP contribution in [0, 0.1) is 6.92 Å². The van der Waals surface area contributed by atoms with Gasteiger partial charge in [-0.15, -0.1) is 0 Å². The summed E-state index contributed by atoms with van der Waals surface area (Å²) >= 11 is 0. The maximum atomic E-state index is 9.27. The number of nitrogen functional groups attached to an aromatic ring is 1. The summed E-state index contributed by atoms with van der Waals surface area (Å²) in [4.78, 5) is 3.88. The summed E-state index contributed by atoms with van der Waals surface area (Å²) in [6.45, 7) is 3.58. The molecule has 3 N–H and O–H groups in total. The van der Waals surface area contributed by atoms with Crippen molar-refractivity contribution < 1.29 is 5.11 Å². The first-order chi connectivity index (χ1) is 5.13. The van der Waals surface area contributed by atoms with Gasteiger partial charge in [0.05, 0.1) is 6.10 Å². The summed E-state index contributed by atoms with van der Waals surface area (Å²) in [7, 11) is 0. The fraction of sp³-hybridized carbons (Fsp3) is 0.375. The molecule has 0 aromatic carbocycles. The maximum absolute atomic E-state index is 9.27. The van der Waals surface area contributed by atoms with E-state index in [1.54, 1.807) is 13.1 Å². The monoisotopic (exact) mass is 152 g/mol. The first kappa shape index (κ1) is 8.01. The molecule has 1 rings (SSSR count). The van der Waals surface area contributed by atoms with Crippen LogP contribution in [0.4, 0.5) is 5.82 Å². The molecule has 1 aromatic rings. The molecule has 0 aliphatic heterocycles. The normalized spacial score (nSPS) is 13.0. The molecule has 0 spiro atoms. The summed E-state index contributed by atoms with van der Waals surface area (Å²) in [6.07, 6.45) is 1.10. The Kier molecular flexibility index (Phi) is 2.10. The van der Waals surface area contributed by atoms with E-state index >= 15 is 0 Å². The molecule has 3 heteroatoms. The van der Waals surface area contributed by atoms with Crippen molar-refractivity contribution in [2.75, 3.05) is 5.73 Å². The molecule has 1 unspecified atom stereocenters. The van der Waals surface area contributed by atoms with Crippen LogP contribution in [-0.2, 0) is 0 Å². The Morgan fingerprint density at radius 3 is 2.64 bits per heavy atom. The van der Waals surface area contributed by atoms with Crippen LogP contribution in [0.3, 0.4) is 0 Å². The zero-order chi connectivity index (χ0) is 8.43. The van der Waals surface area contributed by atoms with Gasteiger partial charge in [0.1, 0.15) is 5.82 Å². The minimum absolute atomic E-state index is 0.417. The fourth-order valence-corrected chi connectivity index (χ4v) is 1.13. The lowest BCUT2D eigenvalue weighted by Gasteiger charge is -2.09. The van der Waals surface area contributed by atoms with Gasteiger partial charge in [-0.2, -0.15) is 0 Å². The van der Waals surface area contributed by atoms with Gasteiger partial charge in [0, 0.05) is 11.8 Å². The second kappa shape index (κ2) is 2.88. The van der Waals surface area contributed by atoms with Crippen molar-refractivity contribution in [2.24, 2.45) is 0 Å². The van der Waals surface area contributed by atoms with E-state index in [0.717, 1.165) is 11.1 Å². The first-order valence-corrected chi connectivity index (χ1v) is 3.52. The quantitative estimate of drug-likeness (QED) is 0.631. The molecule has 1 atom stereocenters. The highest BCUT2D eigenvalue weighted by molar-refractivity contribution is 5.44. The average molecular weight is 152 g/mol. The van der Waals surface area contributed by atoms with Gasteiger partial charge >= 0.3 is 0 Å². The predicted molar refractivity (Wildman–Crippen MR) is 44.0 cm³/mol. The number of hydrogen-bond acceptors (Lipinski definition) is 3. The predicted octanol–water partition coefficient (Wildman–Crippen LogP) is 1.03. The molecule has 0 aliphatic carbocycles. The number of anilines is 1. The van der Waals surface area contributed by atoms with Gasteiger partial charge in [0.2, 0.25) is 0 Å². The van der Waals surface area contributed by atoms with Crippen molar-refractivity contribution in [3.63, 3.8) is 0 Å². The van der Waals surface area contributed by atoms with E-state index in [1.807, 2.05) is 13.0 Å². The number of nitrogens with zero attached hydrogens (tertiary/aromatic N) is 1. The van der Waals surface area contributed by atoms with Crippen LogP contribution in [0.2, 0.25) is 0 Å². The van der Waals surface area contributed by atoms with Gasteiger partial charge in [-0.1, -0.05) is 0 Å². The standard InChI is InChI=1S/C8H12N2O/c1-5-3-4-10-8(9)7(5)6(2)11/h3-4,6,11H,1-2H3,(H2,9,10). The Balaban J connectivity index is 3.21. The molecule has 0 aliphatic rings. The summed E-state index contributed by atoms with van der Waals surface area (Å²) in [6, 6.07) is 1.83. The molecule has 0 saturated carbocycles. The van der Waals surface area contributed by atoms with E-state index in [0.29, 0.717) is 5.82 Å². The van der Waals surface area contributed by atoms with Crippen molar-refractivity contribution >= 4 is 5.82 Å². The molecule has 1 heterocycles. The molecule has 3 nitrogen and oxygen atoms in total. The van der Waals surface area contributed by atoms with Gasteiger partial charge in [0.25, 0.3) is 0 Å². The van der Waals surface area contributed by atoms with Crippen molar-refractivity contribution in [3.05, 3.63) is 23.4 Å². The Hall–Kier alpha value is -1.09. The lowest BCUT2D eigenvalue weighted by atomic mass is 10.1. The van der Waals surface area contributed by atoms with Crippen LogP contribution < -0.4 is 5.73 Å². The maximum Gasteiger partial charge on any atom is 0.129 e. The first-order valence-electron chi connectivity index (χ1n) is 3.52. The van der Waals surface area contributed by atoms with Gasteiger partial charge in [-0.25, -0.2) is 4.98 Å². The minimum Gasteiger partial charge on any atom is -0.389 e. The fourth-order valence-electron chi connectivity index (χ4n) is 1.13. The molecular weight excluding hydrogens is 140 g/mol. The molecule has 60 valence electrons. The van der Waals surface area contributed by atoms with Crippen LogP contribution in [0.15, 0.2) is 12.3 Å². The molecule has 0 bridgehead atoms. The number of rotatable bonds is 1. The lowest BCUT2D eigenvalue weighted by Crippen LogP contribution is -2.03. The molecule has 1 aromatic heterocycles. The van der Waals surface area contributed by atoms with Gasteiger partial charge < -0.3 is 10.8 Å². The number of hydrogen-bond donors (Lipinski definition) is 2. The lowest BCUT2D eigenvalue weighted by molar-refractivity contribution is 0.199. The molecule has 0 radical (unpaired) electrons. The van der Waals surface area contributed by atoms with Gasteiger partial charge in [0.15, 0.2) is 0 Å². The second-order valence-electron chi connectivity index (χ2n) is 2.60. The third kappa shape index (κ3) is 1.49. The van der Waals surface area contributed by atoms with Crippen LogP contribution >= 0.6 is 0 Å². The molecule has 0 amide bonds. The van der Waals surface area contributed by atoms with Gasteiger partial charge in [-0.3, -0.25) is 0 Å². The molecule has 0 saturated heterocycles. The molecule has 0 fully saturated rings. The van der Waals surface area contributed by atoms with Gasteiger partial charge in [-0.05, 0) is 25.5 Å². The van der Waals surface area contributed by atoms with E-state index in [1.165, 1.54) is 0 Å². The largest absolute Gasteiger partial charge is 0.389 e. The van der Waals surface area contributed by atoms with E-state index < -0.39 is 6.10 Å². The van der Waals surface area contributed by atoms with Crippen LogP contribution in [0.25, 0.3) is 0 Å². The number of aliphatic hydroxyl groups is 1. The molecular formula is C8H12N2O. The van der Waals surface area contributed by atoms with E-state index in [9.17, 15) is 5.11 Å². The summed E-state index contributed by atoms with van der Waals surface area (Å²) in [5, 5.41) is 9.27. The van der Waals surface area contributed by atoms with Crippen molar-refractivity contribution in [1.82, 2.24) is 4.98 Å². The smallest absolute Gasteiger partial charge is 0.129 e. The van der Waals surface area contributed by atoms with E-state index in [2.05, 4.69) is 4.98 Å². The Bertz CT molecular complexity index is 238. The zero-order valence-electron chi connectivity index (χ0n) is 6.70. The summed E-state index contributed by atoms with van der Waals surface area (Å²) in [5.74, 6) is 0.417. The number of pyridine rings is 1. The highest BCUT2D eigenvalue weighted by Gasteiger charge is 2.08. The average Bonchev–Trinajstić information content (AvgIpc) is 1.85. The topological polar surface area (TPSA) is 59.1 Å². The Morgan fingerprint density at radius 1 is 1.64 bits per heavy atom. The summed E-state index contributed by atoms with van der Waals surface area (Å²) in [5.41, 5.74) is 7.26. The van der Waals surface area contributed by atoms with Crippen molar-refractivity contribution in [1.29, 1.82) is 0 Å². The highest BCUT2D eigenvalue weighted by atomic mass is 16.3. The third-order valence-electron chi connectivity index (χ3n) is 1.66. The van der Waals surface area contributed by atoms with Crippen molar-refractivity contribution in [2.45, 2.75) is 20.0 Å².